The number of anilines is 1. The van der Waals surface area contributed by atoms with Crippen molar-refractivity contribution in [1.29, 1.82) is 0 Å². The van der Waals surface area contributed by atoms with E-state index in [1.165, 1.54) is 18.3 Å². The fourth-order valence-corrected chi connectivity index (χ4v) is 3.30. The Morgan fingerprint density at radius 1 is 1.19 bits per heavy atom. The maximum Gasteiger partial charge on any atom is 0.413 e. The molecule has 140 valence electrons. The summed E-state index contributed by atoms with van der Waals surface area (Å²) in [7, 11) is -3.73. The standard InChI is InChI=1S/C17H20BrN3O4S/c1-17(2,3)25-16(22)21-15-9-8-13(11-19-15)26(23,24)20-10-12-6-4-5-7-14(12)18/h4-9,11,20H,10H2,1-3H3,(H,19,21,22). The summed E-state index contributed by atoms with van der Waals surface area (Å²) in [4.78, 5) is 15.6. The van der Waals surface area contributed by atoms with Gasteiger partial charge >= 0.3 is 6.09 Å². The second-order valence-electron chi connectivity index (χ2n) is 6.42. The summed E-state index contributed by atoms with van der Waals surface area (Å²) in [5.41, 5.74) is 0.176. The zero-order chi connectivity index (χ0) is 19.4. The van der Waals surface area contributed by atoms with Crippen LogP contribution in [0.15, 0.2) is 52.0 Å². The Labute approximate surface area is 161 Å². The smallest absolute Gasteiger partial charge is 0.413 e. The van der Waals surface area contributed by atoms with Crippen LogP contribution in [0.3, 0.4) is 0 Å². The van der Waals surface area contributed by atoms with Crippen molar-refractivity contribution in [2.75, 3.05) is 5.32 Å². The van der Waals surface area contributed by atoms with E-state index < -0.39 is 21.7 Å². The molecule has 1 aromatic heterocycles. The Morgan fingerprint density at radius 3 is 2.46 bits per heavy atom. The number of ether oxygens (including phenoxy) is 1. The molecule has 1 amide bonds. The first-order valence-electron chi connectivity index (χ1n) is 7.76. The maximum absolute atomic E-state index is 12.4. The molecule has 0 aliphatic rings. The van der Waals surface area contributed by atoms with Crippen molar-refractivity contribution in [1.82, 2.24) is 9.71 Å². The van der Waals surface area contributed by atoms with E-state index in [4.69, 9.17) is 4.74 Å². The Hall–Kier alpha value is -1.97. The van der Waals surface area contributed by atoms with Gasteiger partial charge in [0.05, 0.1) is 0 Å². The highest BCUT2D eigenvalue weighted by Gasteiger charge is 2.18. The van der Waals surface area contributed by atoms with Gasteiger partial charge in [0.25, 0.3) is 0 Å². The summed E-state index contributed by atoms with van der Waals surface area (Å²) >= 11 is 3.37. The third-order valence-electron chi connectivity index (χ3n) is 3.09. The zero-order valence-electron chi connectivity index (χ0n) is 14.6. The molecule has 9 heteroatoms. The van der Waals surface area contributed by atoms with Crippen molar-refractivity contribution in [3.05, 3.63) is 52.6 Å². The Morgan fingerprint density at radius 2 is 1.88 bits per heavy atom. The third kappa shape index (κ3) is 6.08. The van der Waals surface area contributed by atoms with Gasteiger partial charge < -0.3 is 4.74 Å². The molecule has 7 nitrogen and oxygen atoms in total. The maximum atomic E-state index is 12.4. The van der Waals surface area contributed by atoms with Crippen molar-refractivity contribution in [2.45, 2.75) is 37.8 Å². The first kappa shape index (κ1) is 20.3. The highest BCUT2D eigenvalue weighted by atomic mass is 79.9. The van der Waals surface area contributed by atoms with E-state index in [2.05, 4.69) is 31.0 Å². The summed E-state index contributed by atoms with van der Waals surface area (Å²) in [6.45, 7) is 5.37. The van der Waals surface area contributed by atoms with Crippen LogP contribution >= 0.6 is 15.9 Å². The molecule has 2 rings (SSSR count). The fraction of sp³-hybridized carbons (Fsp3) is 0.294. The Bertz CT molecular complexity index is 878. The molecule has 1 heterocycles. The summed E-state index contributed by atoms with van der Waals surface area (Å²) in [5.74, 6) is 0.198. The summed E-state index contributed by atoms with van der Waals surface area (Å²) < 4.78 is 33.2. The van der Waals surface area contributed by atoms with Crippen molar-refractivity contribution >= 4 is 37.9 Å². The second-order valence-corrected chi connectivity index (χ2v) is 9.04. The van der Waals surface area contributed by atoms with E-state index in [0.717, 1.165) is 10.0 Å². The number of carbonyl (C=O) groups excluding carboxylic acids is 1. The molecule has 0 saturated carbocycles. The average Bonchev–Trinajstić information content (AvgIpc) is 2.53. The molecule has 0 atom stereocenters. The number of halogens is 1. The van der Waals surface area contributed by atoms with Gasteiger partial charge in [-0.3, -0.25) is 5.32 Å². The minimum Gasteiger partial charge on any atom is -0.444 e. The predicted octanol–water partition coefficient (Wildman–Crippen LogP) is 3.67. The largest absolute Gasteiger partial charge is 0.444 e. The quantitative estimate of drug-likeness (QED) is 0.737. The predicted molar refractivity (Wildman–Crippen MR) is 102 cm³/mol. The molecule has 1 aromatic carbocycles. The summed E-state index contributed by atoms with van der Waals surface area (Å²) in [6, 6.07) is 10.1. The monoisotopic (exact) mass is 441 g/mol. The molecule has 0 bridgehead atoms. The van der Waals surface area contributed by atoms with Crippen LogP contribution in [0.2, 0.25) is 0 Å². The number of sulfonamides is 1. The lowest BCUT2D eigenvalue weighted by Crippen LogP contribution is -2.27. The normalized spacial score (nSPS) is 11.8. The highest BCUT2D eigenvalue weighted by Crippen LogP contribution is 2.17. The van der Waals surface area contributed by atoms with Crippen LogP contribution in [0.5, 0.6) is 0 Å². The van der Waals surface area contributed by atoms with E-state index in [-0.39, 0.29) is 17.3 Å². The minimum atomic E-state index is -3.73. The highest BCUT2D eigenvalue weighted by molar-refractivity contribution is 9.10. The van der Waals surface area contributed by atoms with E-state index in [1.54, 1.807) is 20.8 Å². The molecular weight excluding hydrogens is 422 g/mol. The van der Waals surface area contributed by atoms with Crippen molar-refractivity contribution in [3.63, 3.8) is 0 Å². The average molecular weight is 442 g/mol. The van der Waals surface area contributed by atoms with Crippen LogP contribution in [-0.4, -0.2) is 25.1 Å². The number of benzene rings is 1. The molecule has 0 saturated heterocycles. The van der Waals surface area contributed by atoms with E-state index in [1.807, 2.05) is 24.3 Å². The number of rotatable bonds is 5. The first-order valence-corrected chi connectivity index (χ1v) is 10.0. The third-order valence-corrected chi connectivity index (χ3v) is 5.25. The molecule has 26 heavy (non-hydrogen) atoms. The Balaban J connectivity index is 2.02. The van der Waals surface area contributed by atoms with Crippen LogP contribution in [0.1, 0.15) is 26.3 Å². The molecule has 0 spiro atoms. The molecule has 0 unspecified atom stereocenters. The van der Waals surface area contributed by atoms with Gasteiger partial charge in [-0.05, 0) is 44.5 Å². The second kappa shape index (κ2) is 8.15. The number of hydrogen-bond acceptors (Lipinski definition) is 5. The van der Waals surface area contributed by atoms with Crippen LogP contribution in [0.25, 0.3) is 0 Å². The lowest BCUT2D eigenvalue weighted by atomic mass is 10.2. The van der Waals surface area contributed by atoms with Gasteiger partial charge in [-0.25, -0.2) is 22.9 Å². The Kier molecular flexibility index (Phi) is 6.38. The van der Waals surface area contributed by atoms with Crippen LogP contribution in [0.4, 0.5) is 10.6 Å². The molecule has 0 radical (unpaired) electrons. The molecule has 0 aliphatic heterocycles. The summed E-state index contributed by atoms with van der Waals surface area (Å²) in [6.07, 6.45) is 0.516. The number of amides is 1. The van der Waals surface area contributed by atoms with Crippen molar-refractivity contribution in [3.8, 4) is 0 Å². The number of nitrogens with zero attached hydrogens (tertiary/aromatic N) is 1. The van der Waals surface area contributed by atoms with E-state index in [0.29, 0.717) is 0 Å². The fourth-order valence-electron chi connectivity index (χ4n) is 1.92. The van der Waals surface area contributed by atoms with Gasteiger partial charge in [-0.1, -0.05) is 34.1 Å². The number of hydrogen-bond donors (Lipinski definition) is 2. The van der Waals surface area contributed by atoms with Crippen LogP contribution < -0.4 is 10.0 Å². The van der Waals surface area contributed by atoms with Crippen molar-refractivity contribution < 1.29 is 17.9 Å². The van der Waals surface area contributed by atoms with Crippen molar-refractivity contribution in [2.24, 2.45) is 0 Å². The number of pyridine rings is 1. The molecule has 2 aromatic rings. The number of aromatic nitrogens is 1. The lowest BCUT2D eigenvalue weighted by Gasteiger charge is -2.19. The van der Waals surface area contributed by atoms with Gasteiger partial charge in [0.2, 0.25) is 10.0 Å². The van der Waals surface area contributed by atoms with Gasteiger partial charge in [0.1, 0.15) is 16.3 Å². The van der Waals surface area contributed by atoms with Gasteiger partial charge in [-0.15, -0.1) is 0 Å². The van der Waals surface area contributed by atoms with E-state index in [9.17, 15) is 13.2 Å². The molecule has 0 fully saturated rings. The molecule has 0 aliphatic carbocycles. The summed E-state index contributed by atoms with van der Waals surface area (Å²) in [5, 5.41) is 2.45. The topological polar surface area (TPSA) is 97.4 Å². The number of nitrogens with one attached hydrogen (secondary N) is 2. The minimum absolute atomic E-state index is 0.000655. The lowest BCUT2D eigenvalue weighted by molar-refractivity contribution is 0.0635. The number of carbonyl (C=O) groups is 1. The van der Waals surface area contributed by atoms with Gasteiger partial charge in [0, 0.05) is 17.2 Å². The van der Waals surface area contributed by atoms with Gasteiger partial charge in [-0.2, -0.15) is 0 Å². The zero-order valence-corrected chi connectivity index (χ0v) is 17.0. The first-order chi connectivity index (χ1) is 12.1. The molecular formula is C17H20BrN3O4S. The van der Waals surface area contributed by atoms with Crippen LogP contribution in [0, 0.1) is 0 Å². The van der Waals surface area contributed by atoms with E-state index >= 15 is 0 Å². The van der Waals surface area contributed by atoms with Gasteiger partial charge in [0.15, 0.2) is 0 Å². The molecule has 2 N–H and O–H groups in total. The SMILES string of the molecule is CC(C)(C)OC(=O)Nc1ccc(S(=O)(=O)NCc2ccccc2Br)cn1. The van der Waals surface area contributed by atoms with Crippen LogP contribution in [-0.2, 0) is 21.3 Å².